The van der Waals surface area contributed by atoms with Gasteiger partial charge in [-0.05, 0) is 56.2 Å². The van der Waals surface area contributed by atoms with Crippen molar-refractivity contribution >= 4 is 31.6 Å². The summed E-state index contributed by atoms with van der Waals surface area (Å²) in [6, 6.07) is 6.16. The molecule has 0 aromatic heterocycles. The van der Waals surface area contributed by atoms with Crippen LogP contribution in [0.3, 0.4) is 0 Å². The molecule has 2 aliphatic carbocycles. The summed E-state index contributed by atoms with van der Waals surface area (Å²) in [5.41, 5.74) is 4.26. The van der Waals surface area contributed by atoms with Gasteiger partial charge in [-0.1, -0.05) is 31.6 Å². The van der Waals surface area contributed by atoms with Crippen molar-refractivity contribution in [3.05, 3.63) is 23.8 Å². The van der Waals surface area contributed by atoms with E-state index in [-0.39, 0.29) is 11.5 Å². The Hall–Kier alpha value is -1.14. The minimum absolute atomic E-state index is 0.270. The minimum atomic E-state index is -1.53. The predicted octanol–water partition coefficient (Wildman–Crippen LogP) is 6.65. The quantitative estimate of drug-likeness (QED) is 0.361. The van der Waals surface area contributed by atoms with Crippen LogP contribution in [0, 0.1) is 11.5 Å². The molecule has 0 radical (unpaired) electrons. The maximum absolute atomic E-state index is 12.4. The standard InChI is InChI=1S/C23H32O3Si.C4H9.Li/c1-25-21-12-11-18(16-22(21)26-20-9-5-6-10-20)23(14-15-27(2,3)4)13-7-8-19(24)17-23;1-3-4-2;/h11-12,16,20H,5-10,13,17H2,1-4H3;1,3-4H2,2H3;. The van der Waals surface area contributed by atoms with Crippen molar-refractivity contribution in [2.75, 3.05) is 7.11 Å². The van der Waals surface area contributed by atoms with Crippen LogP contribution in [0.2, 0.25) is 24.7 Å². The van der Waals surface area contributed by atoms with Crippen LogP contribution < -0.4 is 9.47 Å². The maximum atomic E-state index is 12.4. The monoisotopic (exact) mass is 448 g/mol. The first-order valence-corrected chi connectivity index (χ1v) is 16.1. The summed E-state index contributed by atoms with van der Waals surface area (Å²) >= 11 is 2.21. The average Bonchev–Trinajstić information content (AvgIpc) is 3.26. The van der Waals surface area contributed by atoms with E-state index in [1.54, 1.807) is 7.11 Å². The van der Waals surface area contributed by atoms with E-state index >= 15 is 0 Å². The Labute approximate surface area is 206 Å². The summed E-state index contributed by atoms with van der Waals surface area (Å²) in [5.74, 6) is 5.46. The summed E-state index contributed by atoms with van der Waals surface area (Å²) in [4.78, 5) is 12.4. The summed E-state index contributed by atoms with van der Waals surface area (Å²) in [6.07, 6.45) is 10.7. The van der Waals surface area contributed by atoms with Crippen LogP contribution >= 0.6 is 0 Å². The van der Waals surface area contributed by atoms with Gasteiger partial charge in [0.05, 0.1) is 18.6 Å². The predicted molar refractivity (Wildman–Crippen MR) is 138 cm³/mol. The number of hydrogen-bond acceptors (Lipinski definition) is 3. The van der Waals surface area contributed by atoms with Gasteiger partial charge in [-0.15, -0.1) is 5.54 Å². The molecule has 3 rings (SSSR count). The Bertz CT molecular complexity index is 797. The number of benzene rings is 1. The Morgan fingerprint density at radius 2 is 1.88 bits per heavy atom. The Kier molecular flexibility index (Phi) is 11.0. The van der Waals surface area contributed by atoms with Gasteiger partial charge < -0.3 is 9.47 Å². The zero-order chi connectivity index (χ0) is 23.6. The number of methoxy groups -OCH3 is 1. The van der Waals surface area contributed by atoms with Crippen molar-refractivity contribution in [2.45, 2.75) is 107 Å². The molecule has 0 aliphatic heterocycles. The van der Waals surface area contributed by atoms with E-state index < -0.39 is 8.07 Å². The molecule has 2 saturated carbocycles. The SMILES string of the molecule is COc1ccc(C2(C#C[Si](C)(C)C)CCCC(=O)C2)cc1OC1CCCC1.[Li][CH2]CCC. The van der Waals surface area contributed by atoms with E-state index in [1.165, 1.54) is 30.8 Å². The van der Waals surface area contributed by atoms with Gasteiger partial charge in [0.2, 0.25) is 0 Å². The van der Waals surface area contributed by atoms with E-state index in [4.69, 9.17) is 9.47 Å². The molecule has 0 saturated heterocycles. The fourth-order valence-corrected chi connectivity index (χ4v) is 5.05. The van der Waals surface area contributed by atoms with Crippen molar-refractivity contribution < 1.29 is 14.3 Å². The fourth-order valence-electron chi connectivity index (χ4n) is 4.44. The average molecular weight is 449 g/mol. The number of carbonyl (C=O) groups excluding carboxylic acids is 1. The molecular weight excluding hydrogens is 407 g/mol. The molecule has 32 heavy (non-hydrogen) atoms. The molecule has 2 fully saturated rings. The zero-order valence-corrected chi connectivity index (χ0v) is 22.3. The molecular formula is C27H41LiO3Si. The summed E-state index contributed by atoms with van der Waals surface area (Å²) in [7, 11) is 0.150. The van der Waals surface area contributed by atoms with Crippen LogP contribution in [-0.4, -0.2) is 44.8 Å². The van der Waals surface area contributed by atoms with E-state index in [0.717, 1.165) is 42.7 Å². The van der Waals surface area contributed by atoms with Crippen molar-refractivity contribution in [3.63, 3.8) is 0 Å². The van der Waals surface area contributed by atoms with Crippen molar-refractivity contribution in [2.24, 2.45) is 0 Å². The molecule has 2 aliphatic rings. The Balaban J connectivity index is 0.000000654. The molecule has 0 bridgehead atoms. The van der Waals surface area contributed by atoms with Crippen LogP contribution in [0.4, 0.5) is 0 Å². The second-order valence-electron chi connectivity index (χ2n) is 10.4. The van der Waals surface area contributed by atoms with Crippen LogP contribution in [0.1, 0.15) is 76.7 Å². The van der Waals surface area contributed by atoms with Gasteiger partial charge >= 0.3 is 42.6 Å². The van der Waals surface area contributed by atoms with Gasteiger partial charge in [-0.2, -0.15) is 0 Å². The Morgan fingerprint density at radius 1 is 1.16 bits per heavy atom. The summed E-state index contributed by atoms with van der Waals surface area (Å²) in [5, 5.41) is 1.34. The first-order valence-electron chi connectivity index (χ1n) is 12.6. The van der Waals surface area contributed by atoms with Gasteiger partial charge in [-0.25, -0.2) is 0 Å². The first kappa shape index (κ1) is 27.1. The second-order valence-corrected chi connectivity index (χ2v) is 15.1. The van der Waals surface area contributed by atoms with Crippen LogP contribution in [0.15, 0.2) is 18.2 Å². The molecule has 0 N–H and O–H groups in total. The summed E-state index contributed by atoms with van der Waals surface area (Å²) < 4.78 is 11.8. The van der Waals surface area contributed by atoms with Crippen LogP contribution in [-0.2, 0) is 10.2 Å². The zero-order valence-electron chi connectivity index (χ0n) is 21.3. The molecule has 1 aromatic carbocycles. The fraction of sp³-hybridized carbons (Fsp3) is 0.667. The molecule has 5 heteroatoms. The van der Waals surface area contributed by atoms with Crippen LogP contribution in [0.5, 0.6) is 11.5 Å². The van der Waals surface area contributed by atoms with Gasteiger partial charge in [0, 0.05) is 12.8 Å². The molecule has 3 nitrogen and oxygen atoms in total. The Morgan fingerprint density at radius 3 is 2.41 bits per heavy atom. The van der Waals surface area contributed by atoms with E-state index in [9.17, 15) is 4.79 Å². The second kappa shape index (κ2) is 12.9. The number of hydrogen-bond donors (Lipinski definition) is 0. The van der Waals surface area contributed by atoms with Gasteiger partial charge in [-0.3, -0.25) is 4.79 Å². The topological polar surface area (TPSA) is 35.5 Å². The number of unbranched alkanes of at least 4 members (excludes halogenated alkanes) is 1. The van der Waals surface area contributed by atoms with E-state index in [1.807, 2.05) is 6.07 Å². The summed E-state index contributed by atoms with van der Waals surface area (Å²) in [6.45, 7) is 8.96. The molecule has 0 spiro atoms. The number of ketones is 1. The number of Topliss-reactive ketones (excluding diaryl/α,β-unsaturated/α-hetero) is 1. The van der Waals surface area contributed by atoms with Crippen molar-refractivity contribution in [1.29, 1.82) is 0 Å². The normalized spacial score (nSPS) is 21.3. The number of carbonyl (C=O) groups is 1. The molecule has 172 valence electrons. The van der Waals surface area contributed by atoms with Crippen molar-refractivity contribution in [1.82, 2.24) is 0 Å². The van der Waals surface area contributed by atoms with E-state index in [0.29, 0.717) is 18.6 Å². The third-order valence-electron chi connectivity index (χ3n) is 6.25. The third-order valence-corrected chi connectivity index (χ3v) is 7.13. The van der Waals surface area contributed by atoms with Gasteiger partial charge in [0.15, 0.2) is 11.5 Å². The van der Waals surface area contributed by atoms with Gasteiger partial charge in [0.1, 0.15) is 13.9 Å². The van der Waals surface area contributed by atoms with Crippen molar-refractivity contribution in [3.8, 4) is 23.0 Å². The molecule has 0 amide bonds. The van der Waals surface area contributed by atoms with Gasteiger partial charge in [0.25, 0.3) is 0 Å². The molecule has 1 unspecified atom stereocenters. The number of ether oxygens (including phenoxy) is 2. The third kappa shape index (κ3) is 8.33. The molecule has 1 atom stereocenters. The first-order chi connectivity index (χ1) is 15.2. The molecule has 0 heterocycles. The molecule has 1 aromatic rings. The number of rotatable bonds is 6. The van der Waals surface area contributed by atoms with E-state index in [2.05, 4.69) is 67.9 Å². The van der Waals surface area contributed by atoms with Crippen LogP contribution in [0.25, 0.3) is 0 Å².